The number of anilines is 1. The van der Waals surface area contributed by atoms with Crippen molar-refractivity contribution in [2.45, 2.75) is 19.8 Å². The summed E-state index contributed by atoms with van der Waals surface area (Å²) >= 11 is 0. The quantitative estimate of drug-likeness (QED) is 0.766. The molecule has 2 aliphatic heterocycles. The van der Waals surface area contributed by atoms with Crippen LogP contribution in [0.2, 0.25) is 0 Å². The number of hydrogen-bond donors (Lipinski definition) is 1. The summed E-state index contributed by atoms with van der Waals surface area (Å²) in [6.45, 7) is 6.54. The zero-order valence-electron chi connectivity index (χ0n) is 16.3. The maximum absolute atomic E-state index is 12.9. The molecule has 148 valence electrons. The Bertz CT molecular complexity index is 886. The van der Waals surface area contributed by atoms with E-state index in [1.165, 1.54) is 13.0 Å². The highest BCUT2D eigenvalue weighted by atomic mass is 16.2. The number of carbonyl (C=O) groups is 2. The van der Waals surface area contributed by atoms with E-state index < -0.39 is 0 Å². The van der Waals surface area contributed by atoms with Crippen molar-refractivity contribution in [3.05, 3.63) is 35.0 Å². The molecule has 9 heteroatoms. The third-order valence-electron chi connectivity index (χ3n) is 5.52. The molecule has 2 aliphatic rings. The first-order chi connectivity index (χ1) is 13.5. The first-order valence-electron chi connectivity index (χ1n) is 9.65. The largest absolute Gasteiger partial charge is 0.354 e. The van der Waals surface area contributed by atoms with Gasteiger partial charge in [0.25, 0.3) is 5.91 Å². The number of aromatic nitrogens is 4. The van der Waals surface area contributed by atoms with Gasteiger partial charge >= 0.3 is 0 Å². The minimum absolute atomic E-state index is 0.137. The Kier molecular flexibility index (Phi) is 5.08. The number of fused-ring (bicyclic) bond motifs is 1. The van der Waals surface area contributed by atoms with Crippen LogP contribution in [0, 0.1) is 0 Å². The van der Waals surface area contributed by atoms with Gasteiger partial charge in [-0.25, -0.2) is 9.97 Å². The molecule has 2 aromatic heterocycles. The Morgan fingerprint density at radius 1 is 1.04 bits per heavy atom. The molecule has 1 amide bonds. The lowest BCUT2D eigenvalue weighted by atomic mass is 10.1. The van der Waals surface area contributed by atoms with Crippen molar-refractivity contribution in [3.63, 3.8) is 0 Å². The third kappa shape index (κ3) is 3.62. The molecule has 0 aromatic carbocycles. The average Bonchev–Trinajstić information content (AvgIpc) is 3.09. The summed E-state index contributed by atoms with van der Waals surface area (Å²) in [7, 11) is 2.13. The molecule has 0 aliphatic carbocycles. The van der Waals surface area contributed by atoms with E-state index in [0.717, 1.165) is 49.7 Å². The van der Waals surface area contributed by atoms with E-state index in [-0.39, 0.29) is 17.4 Å². The van der Waals surface area contributed by atoms with Crippen LogP contribution in [0.1, 0.15) is 39.2 Å². The highest BCUT2D eigenvalue weighted by Crippen LogP contribution is 2.25. The number of ketones is 1. The van der Waals surface area contributed by atoms with Gasteiger partial charge in [-0.05, 0) is 19.5 Å². The Morgan fingerprint density at radius 2 is 1.79 bits per heavy atom. The molecule has 0 bridgehead atoms. The van der Waals surface area contributed by atoms with E-state index >= 15 is 0 Å². The van der Waals surface area contributed by atoms with Crippen LogP contribution in [0.5, 0.6) is 0 Å². The summed E-state index contributed by atoms with van der Waals surface area (Å²) < 4.78 is 0. The summed E-state index contributed by atoms with van der Waals surface area (Å²) in [5.41, 5.74) is 2.80. The Hall–Kier alpha value is -2.81. The number of amides is 1. The Labute approximate surface area is 163 Å². The van der Waals surface area contributed by atoms with Gasteiger partial charge in [-0.15, -0.1) is 0 Å². The normalized spacial score (nSPS) is 17.9. The van der Waals surface area contributed by atoms with E-state index in [4.69, 9.17) is 0 Å². The summed E-state index contributed by atoms with van der Waals surface area (Å²) in [6.07, 6.45) is 3.05. The smallest absolute Gasteiger partial charge is 0.271 e. The van der Waals surface area contributed by atoms with Gasteiger partial charge in [-0.2, -0.15) is 5.10 Å². The maximum atomic E-state index is 12.9. The Morgan fingerprint density at radius 3 is 2.50 bits per heavy atom. The van der Waals surface area contributed by atoms with Gasteiger partial charge in [0.05, 0.1) is 5.69 Å². The number of nitrogens with zero attached hydrogens (tertiary/aromatic N) is 6. The SMILES string of the molecule is CC(=O)c1cc(C(=O)N2CCc3ncnc(N4CCN(C)CC4)c3CC2)[nH]n1. The standard InChI is InChI=1S/C19H25N7O2/c1-13(27)16-11-17(23-22-16)19(28)26-5-3-14-15(4-6-26)20-12-21-18(14)25-9-7-24(2)8-10-25/h11-12H,3-10H2,1-2H3,(H,22,23). The van der Waals surface area contributed by atoms with Crippen molar-refractivity contribution >= 4 is 17.5 Å². The molecule has 1 saturated heterocycles. The molecule has 0 saturated carbocycles. The molecule has 0 radical (unpaired) electrons. The number of aromatic amines is 1. The van der Waals surface area contributed by atoms with Crippen LogP contribution in [0.25, 0.3) is 0 Å². The maximum Gasteiger partial charge on any atom is 0.271 e. The molecule has 1 fully saturated rings. The number of Topliss-reactive ketones (excluding diaryl/α,β-unsaturated/α-hetero) is 1. The molecule has 2 aromatic rings. The van der Waals surface area contributed by atoms with Gasteiger partial charge in [-0.3, -0.25) is 14.7 Å². The van der Waals surface area contributed by atoms with Gasteiger partial charge in [0, 0.05) is 58.2 Å². The summed E-state index contributed by atoms with van der Waals surface area (Å²) in [5, 5.41) is 6.61. The molecule has 9 nitrogen and oxygen atoms in total. The fourth-order valence-corrected chi connectivity index (χ4v) is 3.78. The number of carbonyl (C=O) groups excluding carboxylic acids is 2. The van der Waals surface area contributed by atoms with E-state index in [9.17, 15) is 9.59 Å². The minimum Gasteiger partial charge on any atom is -0.354 e. The number of nitrogens with one attached hydrogen (secondary N) is 1. The molecule has 0 spiro atoms. The second-order valence-corrected chi connectivity index (χ2v) is 7.43. The predicted octanol–water partition coefficient (Wildman–Crippen LogP) is 0.395. The van der Waals surface area contributed by atoms with E-state index in [2.05, 4.69) is 37.0 Å². The van der Waals surface area contributed by atoms with Crippen LogP contribution in [0.3, 0.4) is 0 Å². The molecular formula is C19H25N7O2. The first-order valence-corrected chi connectivity index (χ1v) is 9.65. The molecule has 0 atom stereocenters. The van der Waals surface area contributed by atoms with Gasteiger partial charge < -0.3 is 14.7 Å². The van der Waals surface area contributed by atoms with E-state index in [1.807, 2.05) is 0 Å². The minimum atomic E-state index is -0.161. The molecule has 4 heterocycles. The Balaban J connectivity index is 1.51. The van der Waals surface area contributed by atoms with Crippen molar-refractivity contribution in [3.8, 4) is 0 Å². The van der Waals surface area contributed by atoms with Gasteiger partial charge in [-0.1, -0.05) is 0 Å². The van der Waals surface area contributed by atoms with Crippen molar-refractivity contribution in [2.75, 3.05) is 51.2 Å². The van der Waals surface area contributed by atoms with Crippen molar-refractivity contribution < 1.29 is 9.59 Å². The second kappa shape index (κ2) is 7.67. The van der Waals surface area contributed by atoms with Crippen LogP contribution in [-0.4, -0.2) is 88.0 Å². The van der Waals surface area contributed by atoms with Crippen molar-refractivity contribution in [1.29, 1.82) is 0 Å². The number of rotatable bonds is 3. The zero-order chi connectivity index (χ0) is 19.7. The summed E-state index contributed by atoms with van der Waals surface area (Å²) in [5.74, 6) is 0.709. The molecule has 1 N–H and O–H groups in total. The van der Waals surface area contributed by atoms with Gasteiger partial charge in [0.2, 0.25) is 0 Å². The molecular weight excluding hydrogens is 358 g/mol. The lowest BCUT2D eigenvalue weighted by Crippen LogP contribution is -2.45. The topological polar surface area (TPSA) is 98.3 Å². The molecule has 0 unspecified atom stereocenters. The predicted molar refractivity (Wildman–Crippen MR) is 104 cm³/mol. The summed E-state index contributed by atoms with van der Waals surface area (Å²) in [6, 6.07) is 1.53. The molecule has 28 heavy (non-hydrogen) atoms. The lowest BCUT2D eigenvalue weighted by Gasteiger charge is -2.34. The van der Waals surface area contributed by atoms with Crippen LogP contribution in [-0.2, 0) is 12.8 Å². The number of piperazine rings is 1. The molecule has 4 rings (SSSR count). The van der Waals surface area contributed by atoms with Crippen LogP contribution < -0.4 is 4.90 Å². The van der Waals surface area contributed by atoms with Gasteiger partial charge in [0.1, 0.15) is 23.5 Å². The monoisotopic (exact) mass is 383 g/mol. The highest BCUT2D eigenvalue weighted by Gasteiger charge is 2.26. The zero-order valence-corrected chi connectivity index (χ0v) is 16.3. The number of H-pyrrole nitrogens is 1. The van der Waals surface area contributed by atoms with Crippen molar-refractivity contribution in [2.24, 2.45) is 0 Å². The lowest BCUT2D eigenvalue weighted by molar-refractivity contribution is 0.0757. The van der Waals surface area contributed by atoms with Crippen LogP contribution in [0.15, 0.2) is 12.4 Å². The number of hydrogen-bond acceptors (Lipinski definition) is 7. The fraction of sp³-hybridized carbons (Fsp3) is 0.526. The first kappa shape index (κ1) is 18.5. The fourth-order valence-electron chi connectivity index (χ4n) is 3.78. The highest BCUT2D eigenvalue weighted by molar-refractivity contribution is 5.97. The van der Waals surface area contributed by atoms with Gasteiger partial charge in [0.15, 0.2) is 5.78 Å². The average molecular weight is 383 g/mol. The van der Waals surface area contributed by atoms with E-state index in [0.29, 0.717) is 25.2 Å². The third-order valence-corrected chi connectivity index (χ3v) is 5.52. The summed E-state index contributed by atoms with van der Waals surface area (Å²) in [4.78, 5) is 39.8. The second-order valence-electron chi connectivity index (χ2n) is 7.43. The van der Waals surface area contributed by atoms with E-state index in [1.54, 1.807) is 11.2 Å². The van der Waals surface area contributed by atoms with Crippen molar-refractivity contribution in [1.82, 2.24) is 30.0 Å². The van der Waals surface area contributed by atoms with Crippen LogP contribution >= 0.6 is 0 Å². The number of likely N-dealkylation sites (N-methyl/N-ethyl adjacent to an activating group) is 1. The van der Waals surface area contributed by atoms with Crippen LogP contribution in [0.4, 0.5) is 5.82 Å².